The summed E-state index contributed by atoms with van der Waals surface area (Å²) in [5.74, 6) is -1.14. The summed E-state index contributed by atoms with van der Waals surface area (Å²) in [4.78, 5) is 16.5. The molecule has 0 fully saturated rings. The molecule has 1 aliphatic rings. The molecule has 1 N–H and O–H groups in total. The smallest absolute Gasteiger partial charge is 0.195 e. The number of Topliss-reactive ketones (excluding diaryl/α,β-unsaturated/α-hetero) is 1. The third-order valence-corrected chi connectivity index (χ3v) is 4.66. The van der Waals surface area contributed by atoms with E-state index in [4.69, 9.17) is 11.6 Å². The Morgan fingerprint density at radius 3 is 2.96 bits per heavy atom. The fourth-order valence-corrected chi connectivity index (χ4v) is 3.24. The van der Waals surface area contributed by atoms with Crippen LogP contribution in [0.25, 0.3) is 0 Å². The van der Waals surface area contributed by atoms with Crippen LogP contribution in [0.2, 0.25) is 5.02 Å². The van der Waals surface area contributed by atoms with E-state index in [9.17, 15) is 14.3 Å². The Morgan fingerprint density at radius 2 is 2.21 bits per heavy atom. The maximum atomic E-state index is 15.4. The highest BCUT2D eigenvalue weighted by atomic mass is 35.5. The lowest BCUT2D eigenvalue weighted by molar-refractivity contribution is -0.133. The monoisotopic (exact) mass is 351 g/mol. The molecule has 0 aliphatic heterocycles. The summed E-state index contributed by atoms with van der Waals surface area (Å²) in [6, 6.07) is 7.22. The van der Waals surface area contributed by atoms with Gasteiger partial charge in [-0.2, -0.15) is 0 Å². The molecule has 1 aromatic heterocycles. The van der Waals surface area contributed by atoms with Crippen molar-refractivity contribution in [2.75, 3.05) is 0 Å². The van der Waals surface area contributed by atoms with E-state index in [1.165, 1.54) is 36.5 Å². The molecule has 3 rings (SSSR count). The van der Waals surface area contributed by atoms with Gasteiger partial charge >= 0.3 is 0 Å². The molecule has 1 aliphatic carbocycles. The molecule has 3 nitrogen and oxygen atoms in total. The van der Waals surface area contributed by atoms with E-state index in [-0.39, 0.29) is 42.0 Å². The van der Waals surface area contributed by atoms with Crippen LogP contribution in [0.3, 0.4) is 0 Å². The Balaban J connectivity index is 1.81. The first kappa shape index (κ1) is 17.0. The highest BCUT2D eigenvalue weighted by Gasteiger charge is 2.45. The van der Waals surface area contributed by atoms with Crippen molar-refractivity contribution in [2.45, 2.75) is 37.5 Å². The minimum atomic E-state index is -2.19. The topological polar surface area (TPSA) is 50.2 Å². The fourth-order valence-electron chi connectivity index (χ4n) is 3.09. The number of ketones is 1. The number of benzene rings is 1. The molecule has 1 heterocycles. The van der Waals surface area contributed by atoms with Gasteiger partial charge in [-0.3, -0.25) is 9.78 Å². The number of fused-ring (bicyclic) bond motifs is 1. The van der Waals surface area contributed by atoms with Crippen LogP contribution in [0.15, 0.2) is 36.5 Å². The molecule has 2 atom stereocenters. The van der Waals surface area contributed by atoms with Gasteiger partial charge in [0.25, 0.3) is 0 Å². The van der Waals surface area contributed by atoms with Crippen molar-refractivity contribution in [3.63, 3.8) is 0 Å². The summed E-state index contributed by atoms with van der Waals surface area (Å²) < 4.78 is 29.2. The van der Waals surface area contributed by atoms with Crippen molar-refractivity contribution in [2.24, 2.45) is 0 Å². The number of nitrogens with zero attached hydrogens (tertiary/aromatic N) is 1. The van der Waals surface area contributed by atoms with Crippen molar-refractivity contribution >= 4 is 17.4 Å². The van der Waals surface area contributed by atoms with E-state index in [1.54, 1.807) is 0 Å². The number of hydrogen-bond acceptors (Lipinski definition) is 3. The number of hydrogen-bond donors (Lipinski definition) is 1. The van der Waals surface area contributed by atoms with E-state index in [0.29, 0.717) is 5.56 Å². The van der Waals surface area contributed by atoms with E-state index in [0.717, 1.165) is 0 Å². The molecule has 0 radical (unpaired) electrons. The lowest BCUT2D eigenvalue weighted by Crippen LogP contribution is -2.37. The Bertz CT molecular complexity index is 783. The zero-order chi connectivity index (χ0) is 17.3. The van der Waals surface area contributed by atoms with Crippen LogP contribution in [0.5, 0.6) is 0 Å². The number of alkyl halides is 1. The van der Waals surface area contributed by atoms with Crippen molar-refractivity contribution in [1.29, 1.82) is 0 Å². The maximum Gasteiger partial charge on any atom is 0.195 e. The zero-order valence-corrected chi connectivity index (χ0v) is 13.6. The Labute approximate surface area is 143 Å². The zero-order valence-electron chi connectivity index (χ0n) is 12.8. The molecular weight excluding hydrogens is 336 g/mol. The summed E-state index contributed by atoms with van der Waals surface area (Å²) in [5, 5.41) is 10.2. The summed E-state index contributed by atoms with van der Waals surface area (Å²) in [6.07, 6.45) is 0.564. The highest BCUT2D eigenvalue weighted by molar-refractivity contribution is 6.30. The number of carbonyl (C=O) groups is 1. The highest BCUT2D eigenvalue weighted by Crippen LogP contribution is 2.43. The summed E-state index contributed by atoms with van der Waals surface area (Å²) >= 11 is 5.70. The molecule has 0 saturated heterocycles. The van der Waals surface area contributed by atoms with Gasteiger partial charge in [0.1, 0.15) is 5.82 Å². The SMILES string of the molecule is O=C(CCc1ccc(Cl)cc1F)[C@]1(F)CC[C@H](O)c2ncccc21. The van der Waals surface area contributed by atoms with Gasteiger partial charge in [-0.1, -0.05) is 23.7 Å². The van der Waals surface area contributed by atoms with E-state index < -0.39 is 23.4 Å². The van der Waals surface area contributed by atoms with Gasteiger partial charge in [0, 0.05) is 23.2 Å². The number of aromatic nitrogens is 1. The number of rotatable bonds is 4. The fraction of sp³-hybridized carbons (Fsp3) is 0.333. The normalized spacial score (nSPS) is 22.9. The second kappa shape index (κ2) is 6.57. The first-order chi connectivity index (χ1) is 11.4. The second-order valence-electron chi connectivity index (χ2n) is 5.95. The number of aliphatic hydroxyl groups is 1. The van der Waals surface area contributed by atoms with E-state index in [2.05, 4.69) is 4.98 Å². The molecule has 24 heavy (non-hydrogen) atoms. The third-order valence-electron chi connectivity index (χ3n) is 4.42. The molecule has 0 bridgehead atoms. The first-order valence-electron chi connectivity index (χ1n) is 7.71. The molecule has 0 saturated carbocycles. The average Bonchev–Trinajstić information content (AvgIpc) is 2.57. The predicted molar refractivity (Wildman–Crippen MR) is 86.0 cm³/mol. The minimum Gasteiger partial charge on any atom is -0.387 e. The van der Waals surface area contributed by atoms with E-state index >= 15 is 4.39 Å². The molecule has 2 aromatic rings. The van der Waals surface area contributed by atoms with E-state index in [1.807, 2.05) is 0 Å². The molecule has 1 aromatic carbocycles. The largest absolute Gasteiger partial charge is 0.387 e. The van der Waals surface area contributed by atoms with Crippen molar-refractivity contribution < 1.29 is 18.7 Å². The van der Waals surface area contributed by atoms with Crippen LogP contribution >= 0.6 is 11.6 Å². The Kier molecular flexibility index (Phi) is 4.65. The number of aryl methyl sites for hydroxylation is 1. The van der Waals surface area contributed by atoms with Crippen LogP contribution in [-0.2, 0) is 16.9 Å². The lowest BCUT2D eigenvalue weighted by atomic mass is 9.77. The number of aliphatic hydroxyl groups excluding tert-OH is 1. The van der Waals surface area contributed by atoms with Gasteiger partial charge < -0.3 is 5.11 Å². The standard InChI is InChI=1S/C18H16ClF2NO2/c19-12-5-3-11(14(20)10-12)4-6-16(24)18(21)8-7-15(23)17-13(18)2-1-9-22-17/h1-3,5,9-10,15,23H,4,6-8H2/t15-,18-/m0/s1. The first-order valence-corrected chi connectivity index (χ1v) is 8.09. The quantitative estimate of drug-likeness (QED) is 0.903. The number of carbonyl (C=O) groups excluding carboxylic acids is 1. The number of pyridine rings is 1. The Morgan fingerprint density at radius 1 is 1.42 bits per heavy atom. The van der Waals surface area contributed by atoms with Crippen molar-refractivity contribution in [1.82, 2.24) is 4.98 Å². The predicted octanol–water partition coefficient (Wildman–Crippen LogP) is 4.07. The lowest BCUT2D eigenvalue weighted by Gasteiger charge is -2.32. The van der Waals surface area contributed by atoms with Crippen LogP contribution < -0.4 is 0 Å². The molecule has 0 spiro atoms. The molecule has 0 amide bonds. The molecule has 6 heteroatoms. The van der Waals surface area contributed by atoms with Gasteiger partial charge in [0.15, 0.2) is 11.5 Å². The van der Waals surface area contributed by atoms with Gasteiger partial charge in [-0.15, -0.1) is 0 Å². The van der Waals surface area contributed by atoms with Gasteiger partial charge in [0.2, 0.25) is 0 Å². The molecule has 126 valence electrons. The van der Waals surface area contributed by atoms with Gasteiger partial charge in [0.05, 0.1) is 11.8 Å². The third kappa shape index (κ3) is 3.06. The minimum absolute atomic E-state index is 0.0889. The molecular formula is C18H16ClF2NO2. The van der Waals surface area contributed by atoms with Crippen LogP contribution in [0.4, 0.5) is 8.78 Å². The van der Waals surface area contributed by atoms with Crippen LogP contribution in [0, 0.1) is 5.82 Å². The van der Waals surface area contributed by atoms with Crippen molar-refractivity contribution in [3.05, 3.63) is 64.2 Å². The summed E-state index contributed by atoms with van der Waals surface area (Å²) in [6.45, 7) is 0. The summed E-state index contributed by atoms with van der Waals surface area (Å²) in [7, 11) is 0. The van der Waals surface area contributed by atoms with Gasteiger partial charge in [-0.05, 0) is 43.0 Å². The van der Waals surface area contributed by atoms with Crippen LogP contribution in [-0.4, -0.2) is 15.9 Å². The molecule has 0 unspecified atom stereocenters. The average molecular weight is 352 g/mol. The maximum absolute atomic E-state index is 15.4. The van der Waals surface area contributed by atoms with Gasteiger partial charge in [-0.25, -0.2) is 8.78 Å². The second-order valence-corrected chi connectivity index (χ2v) is 6.39. The van der Waals surface area contributed by atoms with Crippen LogP contribution in [0.1, 0.15) is 42.2 Å². The number of halogens is 3. The summed E-state index contributed by atoms with van der Waals surface area (Å²) in [5.41, 5.74) is -1.55. The Hall–Kier alpha value is -1.85. The van der Waals surface area contributed by atoms with Crippen molar-refractivity contribution in [3.8, 4) is 0 Å².